The van der Waals surface area contributed by atoms with Gasteiger partial charge in [0.1, 0.15) is 7.85 Å². The quantitative estimate of drug-likeness (QED) is 0.303. The fraction of sp³-hybridized carbons (Fsp3) is 0.200. The summed E-state index contributed by atoms with van der Waals surface area (Å²) in [6.07, 6.45) is 1.34. The SMILES string of the molecule is BCc1ccc(-c2ccc(-c3ccc(C4COC(C=C)OC4)c(F)c3F)cc2)c(F)c1F. The third-order valence-electron chi connectivity index (χ3n) is 5.72. The zero-order valence-electron chi connectivity index (χ0n) is 17.5. The van der Waals surface area contributed by atoms with Gasteiger partial charge in [-0.3, -0.25) is 0 Å². The standard InChI is InChI=1S/C25H21BF4O2/c1-2-21-31-12-17(13-32-21)20-10-9-19(24(29)25(20)30)15-5-3-14(4-6-15)18-8-7-16(11-26)22(27)23(18)28/h2-10,17,21H,1,11-13,26H2. The van der Waals surface area contributed by atoms with E-state index in [9.17, 15) is 17.6 Å². The minimum Gasteiger partial charge on any atom is -0.348 e. The summed E-state index contributed by atoms with van der Waals surface area (Å²) in [7, 11) is 1.75. The summed E-state index contributed by atoms with van der Waals surface area (Å²) in [5.74, 6) is -4.15. The van der Waals surface area contributed by atoms with E-state index in [2.05, 4.69) is 6.58 Å². The van der Waals surface area contributed by atoms with Crippen molar-refractivity contribution in [3.8, 4) is 22.3 Å². The topological polar surface area (TPSA) is 18.5 Å². The minimum absolute atomic E-state index is 0.0763. The molecule has 0 amide bonds. The molecule has 0 aliphatic carbocycles. The molecule has 1 fully saturated rings. The van der Waals surface area contributed by atoms with E-state index in [0.717, 1.165) is 0 Å². The highest BCUT2D eigenvalue weighted by Crippen LogP contribution is 2.33. The van der Waals surface area contributed by atoms with Crippen molar-refractivity contribution in [2.45, 2.75) is 18.5 Å². The molecule has 1 aliphatic rings. The molecule has 3 aromatic carbocycles. The van der Waals surface area contributed by atoms with Crippen molar-refractivity contribution in [1.29, 1.82) is 0 Å². The van der Waals surface area contributed by atoms with Gasteiger partial charge in [0, 0.05) is 17.0 Å². The van der Waals surface area contributed by atoms with Gasteiger partial charge in [0.2, 0.25) is 0 Å². The van der Waals surface area contributed by atoms with Crippen molar-refractivity contribution in [3.05, 3.63) is 95.6 Å². The number of rotatable bonds is 5. The molecule has 0 radical (unpaired) electrons. The molecule has 1 heterocycles. The van der Waals surface area contributed by atoms with Crippen LogP contribution in [0.3, 0.4) is 0 Å². The maximum absolute atomic E-state index is 14.9. The van der Waals surface area contributed by atoms with E-state index in [1.165, 1.54) is 24.3 Å². The first-order valence-electron chi connectivity index (χ1n) is 10.4. The van der Waals surface area contributed by atoms with Crippen LogP contribution in [-0.4, -0.2) is 27.4 Å². The predicted octanol–water partition coefficient (Wildman–Crippen LogP) is 5.35. The number of halogens is 4. The van der Waals surface area contributed by atoms with Crippen LogP contribution in [0.2, 0.25) is 0 Å². The van der Waals surface area contributed by atoms with Gasteiger partial charge < -0.3 is 9.47 Å². The number of hydrogen-bond acceptors (Lipinski definition) is 2. The molecular weight excluding hydrogens is 419 g/mol. The Morgan fingerprint density at radius 2 is 1.31 bits per heavy atom. The lowest BCUT2D eigenvalue weighted by Gasteiger charge is -2.28. The summed E-state index contributed by atoms with van der Waals surface area (Å²) in [6.45, 7) is 3.97. The fourth-order valence-corrected chi connectivity index (χ4v) is 3.85. The lowest BCUT2D eigenvalue weighted by Crippen LogP contribution is -2.30. The molecule has 0 unspecified atom stereocenters. The average Bonchev–Trinajstić information content (AvgIpc) is 2.83. The zero-order valence-corrected chi connectivity index (χ0v) is 17.5. The Bertz CT molecular complexity index is 1140. The van der Waals surface area contributed by atoms with Gasteiger partial charge in [0.15, 0.2) is 29.6 Å². The largest absolute Gasteiger partial charge is 0.348 e. The van der Waals surface area contributed by atoms with Gasteiger partial charge in [-0.25, -0.2) is 17.6 Å². The van der Waals surface area contributed by atoms with Crippen molar-refractivity contribution in [2.24, 2.45) is 0 Å². The van der Waals surface area contributed by atoms with Crippen LogP contribution in [0, 0.1) is 23.3 Å². The third-order valence-corrected chi connectivity index (χ3v) is 5.72. The number of hydrogen-bond donors (Lipinski definition) is 0. The molecule has 164 valence electrons. The van der Waals surface area contributed by atoms with Gasteiger partial charge in [-0.2, -0.15) is 0 Å². The lowest BCUT2D eigenvalue weighted by atomic mass is 9.92. The summed E-state index contributed by atoms with van der Waals surface area (Å²) < 4.78 is 69.1. The van der Waals surface area contributed by atoms with Crippen LogP contribution in [0.25, 0.3) is 22.3 Å². The Kier molecular flexibility index (Phi) is 6.49. The second kappa shape index (κ2) is 9.31. The van der Waals surface area contributed by atoms with Gasteiger partial charge in [0.05, 0.1) is 13.2 Å². The Morgan fingerprint density at radius 1 is 0.781 bits per heavy atom. The first-order valence-corrected chi connectivity index (χ1v) is 10.4. The molecule has 2 nitrogen and oxygen atoms in total. The molecule has 3 aromatic rings. The van der Waals surface area contributed by atoms with Crippen molar-refractivity contribution in [3.63, 3.8) is 0 Å². The number of ether oxygens (including phenoxy) is 2. The molecule has 0 spiro atoms. The van der Waals surface area contributed by atoms with Crippen LogP contribution in [0.5, 0.6) is 0 Å². The first-order chi connectivity index (χ1) is 15.4. The van der Waals surface area contributed by atoms with Crippen LogP contribution in [0.15, 0.2) is 61.2 Å². The van der Waals surface area contributed by atoms with Crippen LogP contribution in [0.4, 0.5) is 17.6 Å². The Hall–Kier alpha value is -2.90. The molecule has 4 rings (SSSR count). The molecule has 0 aromatic heterocycles. The highest BCUT2D eigenvalue weighted by atomic mass is 19.2. The summed E-state index contributed by atoms with van der Waals surface area (Å²) in [6, 6.07) is 12.3. The van der Waals surface area contributed by atoms with Crippen LogP contribution in [0.1, 0.15) is 17.0 Å². The molecular formula is C25H21BF4O2. The number of benzene rings is 3. The monoisotopic (exact) mass is 440 g/mol. The molecule has 0 atom stereocenters. The van der Waals surface area contributed by atoms with Crippen LogP contribution < -0.4 is 0 Å². The molecule has 32 heavy (non-hydrogen) atoms. The molecule has 0 bridgehead atoms. The molecule has 1 aliphatic heterocycles. The average molecular weight is 440 g/mol. The normalized spacial score (nSPS) is 18.5. The maximum atomic E-state index is 14.9. The predicted molar refractivity (Wildman–Crippen MR) is 118 cm³/mol. The van der Waals surface area contributed by atoms with E-state index in [4.69, 9.17) is 9.47 Å². The summed E-state index contributed by atoms with van der Waals surface area (Å²) in [5, 5.41) is 0. The second-order valence-electron chi connectivity index (χ2n) is 7.63. The summed E-state index contributed by atoms with van der Waals surface area (Å²) in [5.41, 5.74) is 1.54. The van der Waals surface area contributed by atoms with E-state index in [0.29, 0.717) is 23.0 Å². The van der Waals surface area contributed by atoms with Gasteiger partial charge in [-0.15, -0.1) is 0 Å². The van der Waals surface area contributed by atoms with Crippen molar-refractivity contribution < 1.29 is 27.0 Å². The Balaban J connectivity index is 1.60. The van der Waals surface area contributed by atoms with Crippen molar-refractivity contribution >= 4 is 7.85 Å². The highest BCUT2D eigenvalue weighted by Gasteiger charge is 2.26. The van der Waals surface area contributed by atoms with E-state index in [1.807, 2.05) is 0 Å². The smallest absolute Gasteiger partial charge is 0.176 e. The van der Waals surface area contributed by atoms with E-state index in [1.54, 1.807) is 38.2 Å². The van der Waals surface area contributed by atoms with E-state index >= 15 is 0 Å². The Morgan fingerprint density at radius 3 is 1.84 bits per heavy atom. The van der Waals surface area contributed by atoms with E-state index in [-0.39, 0.29) is 29.9 Å². The zero-order chi connectivity index (χ0) is 22.8. The van der Waals surface area contributed by atoms with Crippen LogP contribution >= 0.6 is 0 Å². The van der Waals surface area contributed by atoms with E-state index < -0.39 is 35.5 Å². The lowest BCUT2D eigenvalue weighted by molar-refractivity contribution is -0.159. The van der Waals surface area contributed by atoms with Gasteiger partial charge >= 0.3 is 0 Å². The summed E-state index contributed by atoms with van der Waals surface area (Å²) in [4.78, 5) is 0. The molecule has 1 saturated heterocycles. The fourth-order valence-electron chi connectivity index (χ4n) is 3.85. The van der Waals surface area contributed by atoms with Crippen LogP contribution in [-0.2, 0) is 15.8 Å². The maximum Gasteiger partial charge on any atom is 0.176 e. The van der Waals surface area contributed by atoms with Crippen molar-refractivity contribution in [1.82, 2.24) is 0 Å². The van der Waals surface area contributed by atoms with Gasteiger partial charge in [0.25, 0.3) is 0 Å². The first kappa shape index (κ1) is 22.3. The highest BCUT2D eigenvalue weighted by molar-refractivity contribution is 6.08. The second-order valence-corrected chi connectivity index (χ2v) is 7.63. The van der Waals surface area contributed by atoms with Gasteiger partial charge in [-0.05, 0) is 28.3 Å². The minimum atomic E-state index is -0.981. The molecule has 0 saturated carbocycles. The Labute approximate surface area is 184 Å². The van der Waals surface area contributed by atoms with Crippen molar-refractivity contribution in [2.75, 3.05) is 13.2 Å². The molecule has 7 heteroatoms. The van der Waals surface area contributed by atoms with Gasteiger partial charge in [-0.1, -0.05) is 61.4 Å². The summed E-state index contributed by atoms with van der Waals surface area (Å²) >= 11 is 0. The third kappa shape index (κ3) is 4.10. The molecule has 0 N–H and O–H groups in total.